The molecule has 1 fully saturated rings. The van der Waals surface area contributed by atoms with E-state index in [4.69, 9.17) is 0 Å². The minimum atomic E-state index is 0.237. The van der Waals surface area contributed by atoms with E-state index in [-0.39, 0.29) is 11.2 Å². The van der Waals surface area contributed by atoms with Gasteiger partial charge in [0.05, 0.1) is 0 Å². The van der Waals surface area contributed by atoms with Crippen molar-refractivity contribution in [1.29, 1.82) is 0 Å². The Balaban J connectivity index is 1.98. The van der Waals surface area contributed by atoms with Gasteiger partial charge in [0.25, 0.3) is 0 Å². The van der Waals surface area contributed by atoms with Crippen LogP contribution in [0, 0.1) is 22.7 Å². The average molecular weight is 314 g/mol. The van der Waals surface area contributed by atoms with Crippen LogP contribution in [-0.4, -0.2) is 10.2 Å². The van der Waals surface area contributed by atoms with Crippen LogP contribution in [-0.2, 0) is 6.42 Å². The van der Waals surface area contributed by atoms with Gasteiger partial charge in [0.2, 0.25) is 0 Å². The first-order valence-corrected chi connectivity index (χ1v) is 8.91. The second-order valence-electron chi connectivity index (χ2n) is 8.65. The Kier molecular flexibility index (Phi) is 3.98. The summed E-state index contributed by atoms with van der Waals surface area (Å²) < 4.78 is 0. The Morgan fingerprint density at radius 1 is 1.13 bits per heavy atom. The van der Waals surface area contributed by atoms with Crippen molar-refractivity contribution in [2.45, 2.75) is 59.8 Å². The summed E-state index contributed by atoms with van der Waals surface area (Å²) in [7, 11) is 0. The predicted octanol–water partition coefficient (Wildman–Crippen LogP) is 5.44. The molecule has 1 aromatic rings. The maximum atomic E-state index is 10.2. The Morgan fingerprint density at radius 3 is 2.61 bits per heavy atom. The molecule has 0 bridgehead atoms. The second kappa shape index (κ2) is 5.58. The number of phenols is 2. The maximum Gasteiger partial charge on any atom is 0.119 e. The standard InChI is InChI=1S/C21H30O2/c1-14-6-9-19-20(2,3)10-5-11-21(19,4)17(14)13-15-12-16(22)7-8-18(15)23/h6-8,12,17,19,22-23H,5,9-11,13H2,1-4H3/t17-,19?,21+/m1/s1. The number of phenolic OH excluding ortho intramolecular Hbond substituents is 2. The van der Waals surface area contributed by atoms with E-state index in [9.17, 15) is 10.2 Å². The molecule has 1 saturated carbocycles. The minimum Gasteiger partial charge on any atom is -0.508 e. The van der Waals surface area contributed by atoms with E-state index in [2.05, 4.69) is 33.8 Å². The lowest BCUT2D eigenvalue weighted by Crippen LogP contribution is -2.49. The summed E-state index contributed by atoms with van der Waals surface area (Å²) >= 11 is 0. The van der Waals surface area contributed by atoms with Crippen LogP contribution in [0.4, 0.5) is 0 Å². The van der Waals surface area contributed by atoms with Crippen LogP contribution in [0.2, 0.25) is 0 Å². The van der Waals surface area contributed by atoms with E-state index in [1.807, 2.05) is 0 Å². The summed E-state index contributed by atoms with van der Waals surface area (Å²) in [6.07, 6.45) is 8.27. The van der Waals surface area contributed by atoms with Crippen LogP contribution in [0.1, 0.15) is 58.9 Å². The average Bonchev–Trinajstić information content (AvgIpc) is 2.45. The van der Waals surface area contributed by atoms with Gasteiger partial charge in [-0.25, -0.2) is 0 Å². The zero-order valence-electron chi connectivity index (χ0n) is 14.9. The van der Waals surface area contributed by atoms with Crippen molar-refractivity contribution in [3.8, 4) is 11.5 Å². The molecule has 0 amide bonds. The van der Waals surface area contributed by atoms with Gasteiger partial charge in [-0.05, 0) is 79.0 Å². The fourth-order valence-corrected chi connectivity index (χ4v) is 5.49. The molecule has 0 spiro atoms. The normalized spacial score (nSPS) is 33.0. The van der Waals surface area contributed by atoms with Gasteiger partial charge in [0.1, 0.15) is 11.5 Å². The molecule has 2 nitrogen and oxygen atoms in total. The predicted molar refractivity (Wildman–Crippen MR) is 94.6 cm³/mol. The topological polar surface area (TPSA) is 40.5 Å². The van der Waals surface area contributed by atoms with Crippen molar-refractivity contribution in [3.05, 3.63) is 35.4 Å². The zero-order chi connectivity index (χ0) is 16.8. The molecular weight excluding hydrogens is 284 g/mol. The molecule has 0 saturated heterocycles. The molecule has 3 rings (SSSR count). The third-order valence-electron chi connectivity index (χ3n) is 6.78. The zero-order valence-corrected chi connectivity index (χ0v) is 14.9. The first-order chi connectivity index (χ1) is 10.7. The highest BCUT2D eigenvalue weighted by atomic mass is 16.3. The smallest absolute Gasteiger partial charge is 0.119 e. The van der Waals surface area contributed by atoms with Crippen LogP contribution in [0.3, 0.4) is 0 Å². The summed E-state index contributed by atoms with van der Waals surface area (Å²) in [6.45, 7) is 9.55. The number of hydrogen-bond acceptors (Lipinski definition) is 2. The first-order valence-electron chi connectivity index (χ1n) is 8.91. The van der Waals surface area contributed by atoms with Crippen molar-refractivity contribution in [2.24, 2.45) is 22.7 Å². The van der Waals surface area contributed by atoms with Gasteiger partial charge in [0, 0.05) is 0 Å². The molecule has 0 radical (unpaired) electrons. The molecule has 2 aliphatic carbocycles. The van der Waals surface area contributed by atoms with Gasteiger partial charge in [-0.3, -0.25) is 0 Å². The molecule has 126 valence electrons. The molecule has 3 atom stereocenters. The Hall–Kier alpha value is -1.44. The van der Waals surface area contributed by atoms with Gasteiger partial charge < -0.3 is 10.2 Å². The Morgan fingerprint density at radius 2 is 1.87 bits per heavy atom. The van der Waals surface area contributed by atoms with Crippen LogP contribution in [0.15, 0.2) is 29.8 Å². The lowest BCUT2D eigenvalue weighted by Gasteiger charge is -2.57. The third-order valence-corrected chi connectivity index (χ3v) is 6.78. The van der Waals surface area contributed by atoms with Gasteiger partial charge in [0.15, 0.2) is 0 Å². The summed E-state index contributed by atoms with van der Waals surface area (Å²) in [5.41, 5.74) is 2.97. The van der Waals surface area contributed by atoms with Crippen LogP contribution in [0.5, 0.6) is 11.5 Å². The summed E-state index contributed by atoms with van der Waals surface area (Å²) in [6, 6.07) is 4.89. The molecule has 2 N–H and O–H groups in total. The van der Waals surface area contributed by atoms with E-state index in [1.165, 1.54) is 31.3 Å². The van der Waals surface area contributed by atoms with Crippen molar-refractivity contribution in [1.82, 2.24) is 0 Å². The largest absolute Gasteiger partial charge is 0.508 e. The van der Waals surface area contributed by atoms with E-state index in [0.717, 1.165) is 12.0 Å². The van der Waals surface area contributed by atoms with Gasteiger partial charge >= 0.3 is 0 Å². The van der Waals surface area contributed by atoms with E-state index >= 15 is 0 Å². The number of rotatable bonds is 2. The highest BCUT2D eigenvalue weighted by molar-refractivity contribution is 5.40. The maximum absolute atomic E-state index is 10.2. The molecular formula is C21H30O2. The lowest BCUT2D eigenvalue weighted by molar-refractivity contribution is -0.0369. The van der Waals surface area contributed by atoms with Crippen LogP contribution < -0.4 is 0 Å². The van der Waals surface area contributed by atoms with Gasteiger partial charge in [-0.2, -0.15) is 0 Å². The summed E-state index contributed by atoms with van der Waals surface area (Å²) in [5.74, 6) is 1.67. The molecule has 0 aromatic heterocycles. The van der Waals surface area contributed by atoms with Crippen molar-refractivity contribution < 1.29 is 10.2 Å². The number of allylic oxidation sites excluding steroid dienone is 2. The molecule has 23 heavy (non-hydrogen) atoms. The molecule has 1 aromatic carbocycles. The fraction of sp³-hybridized carbons (Fsp3) is 0.619. The molecule has 2 heteroatoms. The van der Waals surface area contributed by atoms with Crippen molar-refractivity contribution in [3.63, 3.8) is 0 Å². The monoisotopic (exact) mass is 314 g/mol. The molecule has 2 aliphatic rings. The van der Waals surface area contributed by atoms with E-state index < -0.39 is 0 Å². The molecule has 0 aliphatic heterocycles. The molecule has 0 heterocycles. The number of aromatic hydroxyl groups is 2. The van der Waals surface area contributed by atoms with E-state index in [0.29, 0.717) is 23.0 Å². The number of benzene rings is 1. The quantitative estimate of drug-likeness (QED) is 0.564. The van der Waals surface area contributed by atoms with Gasteiger partial charge in [-0.15, -0.1) is 0 Å². The SMILES string of the molecule is CC1=CCC2C(C)(C)CCC[C@@]2(C)[C@@H]1Cc1cc(O)ccc1O. The Labute approximate surface area is 140 Å². The van der Waals surface area contributed by atoms with Crippen LogP contribution >= 0.6 is 0 Å². The first kappa shape index (κ1) is 16.4. The highest BCUT2D eigenvalue weighted by Crippen LogP contribution is 2.60. The van der Waals surface area contributed by atoms with E-state index in [1.54, 1.807) is 18.2 Å². The second-order valence-corrected chi connectivity index (χ2v) is 8.65. The summed E-state index contributed by atoms with van der Waals surface area (Å²) in [5, 5.41) is 20.0. The fourth-order valence-electron chi connectivity index (χ4n) is 5.49. The van der Waals surface area contributed by atoms with Crippen molar-refractivity contribution >= 4 is 0 Å². The van der Waals surface area contributed by atoms with Crippen molar-refractivity contribution in [2.75, 3.05) is 0 Å². The van der Waals surface area contributed by atoms with Gasteiger partial charge in [-0.1, -0.05) is 38.8 Å². The Bertz CT molecular complexity index is 629. The number of hydrogen-bond donors (Lipinski definition) is 2. The minimum absolute atomic E-state index is 0.237. The van der Waals surface area contributed by atoms with Crippen LogP contribution in [0.25, 0.3) is 0 Å². The summed E-state index contributed by atoms with van der Waals surface area (Å²) in [4.78, 5) is 0. The third kappa shape index (κ3) is 2.77. The highest BCUT2D eigenvalue weighted by Gasteiger charge is 2.51. The number of fused-ring (bicyclic) bond motifs is 1. The molecule has 1 unspecified atom stereocenters. The lowest BCUT2D eigenvalue weighted by atomic mass is 9.48.